The number of aryl methyl sites for hydroxylation is 1. The lowest BCUT2D eigenvalue weighted by molar-refractivity contribution is 0.959. The van der Waals surface area contributed by atoms with Gasteiger partial charge in [-0.05, 0) is 87.5 Å². The highest BCUT2D eigenvalue weighted by molar-refractivity contribution is 7.20. The third-order valence-corrected chi connectivity index (χ3v) is 17.4. The highest BCUT2D eigenvalue weighted by Gasteiger charge is 2.42. The van der Waals surface area contributed by atoms with E-state index in [0.717, 1.165) is 50.3 Å². The van der Waals surface area contributed by atoms with Gasteiger partial charge in [-0.25, -0.2) is 9.97 Å². The molecule has 0 aliphatic rings. The molecule has 4 aromatic heterocycles. The number of para-hydroxylation sites is 4. The largest absolute Gasteiger partial charge is 0.327 e. The van der Waals surface area contributed by atoms with E-state index in [1.165, 1.54) is 47.9 Å². The van der Waals surface area contributed by atoms with Crippen LogP contribution in [0.2, 0.25) is 0 Å². The van der Waals surface area contributed by atoms with E-state index in [4.69, 9.17) is 9.97 Å². The summed E-state index contributed by atoms with van der Waals surface area (Å²) < 4.78 is 6.99. The molecule has 0 unspecified atom stereocenters. The molecule has 8 aromatic carbocycles. The van der Waals surface area contributed by atoms with Crippen molar-refractivity contribution in [1.82, 2.24) is 23.7 Å². The van der Waals surface area contributed by atoms with Crippen LogP contribution in [0.15, 0.2) is 219 Å². The van der Waals surface area contributed by atoms with E-state index >= 15 is 0 Å². The molecule has 6 heteroatoms. The zero-order valence-corrected chi connectivity index (χ0v) is 34.5. The van der Waals surface area contributed by atoms with Crippen LogP contribution in [0.5, 0.6) is 0 Å². The summed E-state index contributed by atoms with van der Waals surface area (Å²) in [6.45, 7) is 0. The normalized spacial score (nSPS) is 12.0. The highest BCUT2D eigenvalue weighted by atomic mass is 28.3. The third-order valence-electron chi connectivity index (χ3n) is 12.6. The monoisotopic (exact) mass is 797 g/mol. The first-order chi connectivity index (χ1) is 30.2. The van der Waals surface area contributed by atoms with Crippen LogP contribution in [0.3, 0.4) is 0 Å². The first-order valence-corrected chi connectivity index (χ1v) is 22.8. The van der Waals surface area contributed by atoms with Gasteiger partial charge in [0.2, 0.25) is 0 Å². The lowest BCUT2D eigenvalue weighted by atomic mass is 10.1. The molecule has 0 saturated heterocycles. The molecule has 0 N–H and O–H groups in total. The van der Waals surface area contributed by atoms with Gasteiger partial charge < -0.3 is 9.13 Å². The van der Waals surface area contributed by atoms with E-state index in [-0.39, 0.29) is 0 Å². The van der Waals surface area contributed by atoms with Gasteiger partial charge in [-0.2, -0.15) is 0 Å². The molecule has 0 radical (unpaired) electrons. The minimum atomic E-state index is -2.99. The van der Waals surface area contributed by atoms with Crippen molar-refractivity contribution >= 4 is 83.6 Å². The van der Waals surface area contributed by atoms with Gasteiger partial charge in [0.25, 0.3) is 0 Å². The SMILES string of the molecule is Cn1c(-c2cccc([Si](c3ccccc3)(c3ccccc3)c3cccc(-n4c5ccc6c(c7ccccc7n6-c6ccccc6)c5c5cccnc54)c3)c2)nc2ccccc21. The Labute approximate surface area is 354 Å². The molecule has 0 amide bonds. The smallest absolute Gasteiger partial charge is 0.179 e. The van der Waals surface area contributed by atoms with Gasteiger partial charge in [0.05, 0.1) is 27.6 Å². The fourth-order valence-electron chi connectivity index (χ4n) is 10.1. The molecule has 0 saturated carbocycles. The third kappa shape index (κ3) is 5.26. The van der Waals surface area contributed by atoms with Crippen molar-refractivity contribution in [3.8, 4) is 22.8 Å². The Bertz CT molecular complexity index is 3560. The second-order valence-corrected chi connectivity index (χ2v) is 19.7. The average Bonchev–Trinajstić information content (AvgIpc) is 3.97. The van der Waals surface area contributed by atoms with Gasteiger partial charge in [0.15, 0.2) is 8.07 Å². The van der Waals surface area contributed by atoms with Crippen molar-refractivity contribution in [2.75, 3.05) is 0 Å². The number of imidazole rings is 1. The van der Waals surface area contributed by atoms with Gasteiger partial charge in [-0.3, -0.25) is 4.57 Å². The second kappa shape index (κ2) is 13.9. The van der Waals surface area contributed by atoms with Crippen LogP contribution in [-0.4, -0.2) is 31.7 Å². The van der Waals surface area contributed by atoms with Gasteiger partial charge in [-0.1, -0.05) is 146 Å². The molecular weight excluding hydrogens is 759 g/mol. The molecule has 0 bridgehead atoms. The number of hydrogen-bond donors (Lipinski definition) is 0. The molecule has 0 aliphatic carbocycles. The summed E-state index contributed by atoms with van der Waals surface area (Å²) >= 11 is 0. The summed E-state index contributed by atoms with van der Waals surface area (Å²) in [5.74, 6) is 0.956. The highest BCUT2D eigenvalue weighted by Crippen LogP contribution is 2.41. The Kier molecular flexibility index (Phi) is 8.02. The van der Waals surface area contributed by atoms with Crippen molar-refractivity contribution in [2.45, 2.75) is 0 Å². The number of hydrogen-bond acceptors (Lipinski definition) is 2. The van der Waals surface area contributed by atoms with Crippen LogP contribution < -0.4 is 20.7 Å². The summed E-state index contributed by atoms with van der Waals surface area (Å²) in [5, 5.41) is 10.0. The lowest BCUT2D eigenvalue weighted by Crippen LogP contribution is -2.74. The van der Waals surface area contributed by atoms with E-state index in [2.05, 4.69) is 233 Å². The summed E-state index contributed by atoms with van der Waals surface area (Å²) in [6.07, 6.45) is 1.92. The van der Waals surface area contributed by atoms with Gasteiger partial charge in [0, 0.05) is 51.7 Å². The molecule has 0 spiro atoms. The van der Waals surface area contributed by atoms with E-state index in [1.54, 1.807) is 0 Å². The molecular formula is C55H39N5Si. The first-order valence-electron chi connectivity index (χ1n) is 20.8. The Morgan fingerprint density at radius 1 is 0.410 bits per heavy atom. The van der Waals surface area contributed by atoms with Crippen LogP contribution in [-0.2, 0) is 7.05 Å². The summed E-state index contributed by atoms with van der Waals surface area (Å²) in [7, 11) is -0.870. The van der Waals surface area contributed by atoms with Crippen molar-refractivity contribution in [2.24, 2.45) is 7.05 Å². The number of rotatable bonds is 7. The van der Waals surface area contributed by atoms with Crippen molar-refractivity contribution in [1.29, 1.82) is 0 Å². The molecule has 5 nitrogen and oxygen atoms in total. The number of aromatic nitrogens is 5. The molecule has 0 atom stereocenters. The number of fused-ring (bicyclic) bond motifs is 8. The Morgan fingerprint density at radius 2 is 0.967 bits per heavy atom. The molecule has 12 aromatic rings. The Hall–Kier alpha value is -7.80. The summed E-state index contributed by atoms with van der Waals surface area (Å²) in [6, 6.07) is 77.5. The van der Waals surface area contributed by atoms with Gasteiger partial charge in [-0.15, -0.1) is 0 Å². The minimum absolute atomic E-state index is 0.939. The topological polar surface area (TPSA) is 40.6 Å². The van der Waals surface area contributed by atoms with E-state index < -0.39 is 8.07 Å². The summed E-state index contributed by atoms with van der Waals surface area (Å²) in [4.78, 5) is 10.3. The Balaban J connectivity index is 1.14. The van der Waals surface area contributed by atoms with Crippen LogP contribution in [0.1, 0.15) is 0 Å². The summed E-state index contributed by atoms with van der Waals surface area (Å²) in [5.41, 5.74) is 9.87. The second-order valence-electron chi connectivity index (χ2n) is 15.8. The predicted octanol–water partition coefficient (Wildman–Crippen LogP) is 10.2. The maximum atomic E-state index is 5.16. The quantitative estimate of drug-likeness (QED) is 0.119. The molecule has 0 fully saturated rings. The molecule has 61 heavy (non-hydrogen) atoms. The minimum Gasteiger partial charge on any atom is -0.327 e. The molecule has 0 aliphatic heterocycles. The standard InChI is InChI=1S/C55H39N5Si/c1-58-49-32-14-12-30-47(49)57-54(58)38-18-15-26-43(36-38)61(41-22-7-3-8-23-41,42-24-9-4-10-25-42)44-27-16-21-40(37-44)60-51-34-33-50-52(53(51)46-29-17-35-56-55(46)60)45-28-11-13-31-48(45)59(50)39-19-5-2-6-20-39/h2-37H,1H3. The van der Waals surface area contributed by atoms with Crippen LogP contribution in [0, 0.1) is 0 Å². The first kappa shape index (κ1) is 35.2. The zero-order chi connectivity index (χ0) is 40.5. The maximum Gasteiger partial charge on any atom is 0.179 e. The fraction of sp³-hybridized carbons (Fsp3) is 0.0182. The van der Waals surface area contributed by atoms with E-state index in [0.29, 0.717) is 0 Å². The lowest BCUT2D eigenvalue weighted by Gasteiger charge is -2.35. The maximum absolute atomic E-state index is 5.16. The van der Waals surface area contributed by atoms with Gasteiger partial charge in [0.1, 0.15) is 11.5 Å². The van der Waals surface area contributed by atoms with Crippen LogP contribution in [0.25, 0.3) is 77.5 Å². The van der Waals surface area contributed by atoms with E-state index in [1.807, 2.05) is 6.20 Å². The number of benzene rings is 8. The predicted molar refractivity (Wildman–Crippen MR) is 256 cm³/mol. The molecule has 288 valence electrons. The zero-order valence-electron chi connectivity index (χ0n) is 33.5. The molecule has 4 heterocycles. The number of pyridine rings is 1. The Morgan fingerprint density at radius 3 is 1.70 bits per heavy atom. The van der Waals surface area contributed by atoms with E-state index in [9.17, 15) is 0 Å². The van der Waals surface area contributed by atoms with Crippen molar-refractivity contribution < 1.29 is 0 Å². The fourth-order valence-corrected chi connectivity index (χ4v) is 14.9. The molecule has 12 rings (SSSR count). The van der Waals surface area contributed by atoms with Crippen LogP contribution >= 0.6 is 0 Å². The average molecular weight is 798 g/mol. The van der Waals surface area contributed by atoms with Gasteiger partial charge >= 0.3 is 0 Å². The van der Waals surface area contributed by atoms with Crippen molar-refractivity contribution in [3.05, 3.63) is 219 Å². The number of nitrogens with zero attached hydrogens (tertiary/aromatic N) is 5. The van der Waals surface area contributed by atoms with Crippen molar-refractivity contribution in [3.63, 3.8) is 0 Å². The van der Waals surface area contributed by atoms with Crippen LogP contribution in [0.4, 0.5) is 0 Å².